The molecule has 0 spiro atoms. The van der Waals surface area contributed by atoms with Crippen LogP contribution < -0.4 is 11.2 Å². The van der Waals surface area contributed by atoms with Crippen LogP contribution in [0.15, 0.2) is 25.9 Å². The first-order chi connectivity index (χ1) is 10.8. The van der Waals surface area contributed by atoms with E-state index in [4.69, 9.17) is 23.2 Å². The number of imidazole rings is 1. The largest absolute Gasteiger partial charge is 0.391 e. The highest BCUT2D eigenvalue weighted by atomic mass is 35.5. The van der Waals surface area contributed by atoms with E-state index in [1.807, 2.05) is 0 Å². The zero-order valence-corrected chi connectivity index (χ0v) is 14.9. The topological polar surface area (TPSA) is 92.9 Å². The summed E-state index contributed by atoms with van der Waals surface area (Å²) in [5.41, 5.74) is -0.485. The van der Waals surface area contributed by atoms with Gasteiger partial charge in [-0.2, -0.15) is 0 Å². The molecular formula is C13H16Cl2N4O3S. The average molecular weight is 379 g/mol. The number of H-pyrrole nitrogens is 1. The molecule has 0 bridgehead atoms. The van der Waals surface area contributed by atoms with E-state index in [-0.39, 0.29) is 17.0 Å². The van der Waals surface area contributed by atoms with Crippen molar-refractivity contribution in [1.29, 1.82) is 0 Å². The number of halogens is 2. The number of fused-ring (bicyclic) bond motifs is 1. The fourth-order valence-corrected chi connectivity index (χ4v) is 3.17. The van der Waals surface area contributed by atoms with Crippen LogP contribution >= 0.6 is 35.0 Å². The molecule has 7 nitrogen and oxygen atoms in total. The Hall–Kier alpha value is -1.22. The van der Waals surface area contributed by atoms with Crippen LogP contribution in [0.1, 0.15) is 6.92 Å². The second-order valence-corrected chi connectivity index (χ2v) is 6.80. The number of aliphatic hydroxyl groups excluding tert-OH is 1. The molecule has 2 N–H and O–H groups in total. The van der Waals surface area contributed by atoms with Crippen molar-refractivity contribution in [2.45, 2.75) is 24.7 Å². The number of nitrogens with zero attached hydrogens (tertiary/aromatic N) is 3. The lowest BCUT2D eigenvalue weighted by Gasteiger charge is -2.08. The molecule has 10 heteroatoms. The quantitative estimate of drug-likeness (QED) is 0.582. The zero-order valence-electron chi connectivity index (χ0n) is 12.5. The SMILES string of the molecule is C/C(Cl)=C/Cn1c(SC[C@H](O)CCl)nc2c1c(=O)[nH]c(=O)n2C. The number of allylic oxidation sites excluding steroid dienone is 2. The molecular weight excluding hydrogens is 363 g/mol. The lowest BCUT2D eigenvalue weighted by Crippen LogP contribution is -2.29. The third-order valence-corrected chi connectivity index (χ3v) is 4.74. The van der Waals surface area contributed by atoms with E-state index < -0.39 is 17.4 Å². The summed E-state index contributed by atoms with van der Waals surface area (Å²) in [6.45, 7) is 2.05. The molecule has 0 aliphatic carbocycles. The van der Waals surface area contributed by atoms with Gasteiger partial charge in [0.2, 0.25) is 0 Å². The molecule has 0 fully saturated rings. The van der Waals surface area contributed by atoms with Crippen molar-refractivity contribution in [3.8, 4) is 0 Å². The summed E-state index contributed by atoms with van der Waals surface area (Å²) < 4.78 is 2.93. The smallest absolute Gasteiger partial charge is 0.329 e. The molecule has 2 rings (SSSR count). The number of thioether (sulfide) groups is 1. The maximum atomic E-state index is 12.2. The molecule has 1 atom stereocenters. The van der Waals surface area contributed by atoms with Crippen LogP contribution in [0.5, 0.6) is 0 Å². The first kappa shape index (κ1) is 18.1. The van der Waals surface area contributed by atoms with E-state index in [1.54, 1.807) is 17.6 Å². The molecule has 0 saturated carbocycles. The maximum Gasteiger partial charge on any atom is 0.329 e. The van der Waals surface area contributed by atoms with Crippen LogP contribution in [-0.2, 0) is 13.6 Å². The van der Waals surface area contributed by atoms with Gasteiger partial charge in [-0.1, -0.05) is 29.4 Å². The van der Waals surface area contributed by atoms with Gasteiger partial charge in [-0.15, -0.1) is 11.6 Å². The Balaban J connectivity index is 2.60. The third-order valence-electron chi connectivity index (χ3n) is 3.11. The Morgan fingerprint density at radius 2 is 2.22 bits per heavy atom. The van der Waals surface area contributed by atoms with Gasteiger partial charge in [-0.05, 0) is 6.92 Å². The molecule has 2 aromatic heterocycles. The zero-order chi connectivity index (χ0) is 17.1. The molecule has 0 aliphatic rings. The molecule has 0 aromatic carbocycles. The Kier molecular flexibility index (Phi) is 5.96. The van der Waals surface area contributed by atoms with Crippen LogP contribution in [0.2, 0.25) is 0 Å². The van der Waals surface area contributed by atoms with Gasteiger partial charge in [0.25, 0.3) is 5.56 Å². The summed E-state index contributed by atoms with van der Waals surface area (Å²) in [5, 5.41) is 10.7. The van der Waals surface area contributed by atoms with Gasteiger partial charge in [0.05, 0.1) is 6.10 Å². The van der Waals surface area contributed by atoms with E-state index in [9.17, 15) is 14.7 Å². The van der Waals surface area contributed by atoms with Gasteiger partial charge in [-0.25, -0.2) is 9.78 Å². The standard InChI is InChI=1S/C13H16Cl2N4O3S/c1-7(15)3-4-19-9-10(18(2)12(22)17-11(9)21)16-13(19)23-6-8(20)5-14/h3,8,20H,4-6H2,1-2H3,(H,17,21,22)/b7-3-/t8-/m1/s1. The Bertz CT molecular complexity index is 851. The summed E-state index contributed by atoms with van der Waals surface area (Å²) in [7, 11) is 1.53. The molecule has 2 aromatic rings. The van der Waals surface area contributed by atoms with Crippen LogP contribution in [0.4, 0.5) is 0 Å². The predicted molar refractivity (Wildman–Crippen MR) is 92.7 cm³/mol. The van der Waals surface area contributed by atoms with Crippen LogP contribution in [-0.4, -0.2) is 41.9 Å². The first-order valence-electron chi connectivity index (χ1n) is 6.73. The van der Waals surface area contributed by atoms with Crippen molar-refractivity contribution in [3.63, 3.8) is 0 Å². The van der Waals surface area contributed by atoms with Crippen molar-refractivity contribution < 1.29 is 5.11 Å². The van der Waals surface area contributed by atoms with Crippen molar-refractivity contribution >= 4 is 46.1 Å². The summed E-state index contributed by atoms with van der Waals surface area (Å²) in [5.74, 6) is 0.426. The van der Waals surface area contributed by atoms with Crippen LogP contribution in [0, 0.1) is 0 Å². The number of aryl methyl sites for hydroxylation is 1. The van der Waals surface area contributed by atoms with E-state index in [1.165, 1.54) is 23.4 Å². The molecule has 23 heavy (non-hydrogen) atoms. The highest BCUT2D eigenvalue weighted by molar-refractivity contribution is 7.99. The van der Waals surface area contributed by atoms with Gasteiger partial charge < -0.3 is 9.67 Å². The average Bonchev–Trinajstić information content (AvgIpc) is 2.87. The first-order valence-corrected chi connectivity index (χ1v) is 8.63. The minimum absolute atomic E-state index is 0.104. The van der Waals surface area contributed by atoms with Gasteiger partial charge >= 0.3 is 5.69 Å². The maximum absolute atomic E-state index is 12.2. The molecule has 0 saturated heterocycles. The summed E-state index contributed by atoms with van der Waals surface area (Å²) in [6, 6.07) is 0. The molecule has 0 amide bonds. The number of aromatic nitrogens is 4. The number of hydrogen-bond acceptors (Lipinski definition) is 5. The molecule has 126 valence electrons. The number of rotatable bonds is 6. The van der Waals surface area contributed by atoms with Crippen LogP contribution in [0.25, 0.3) is 11.2 Å². The fourth-order valence-electron chi connectivity index (χ4n) is 1.93. The van der Waals surface area contributed by atoms with Crippen molar-refractivity contribution in [1.82, 2.24) is 19.1 Å². The highest BCUT2D eigenvalue weighted by Crippen LogP contribution is 2.22. The number of hydrogen-bond donors (Lipinski definition) is 2. The second-order valence-electron chi connectivity index (χ2n) is 4.91. The number of aliphatic hydroxyl groups is 1. The summed E-state index contributed by atoms with van der Waals surface area (Å²) in [4.78, 5) is 30.5. The molecule has 0 radical (unpaired) electrons. The van der Waals surface area contributed by atoms with Gasteiger partial charge in [-0.3, -0.25) is 14.3 Å². The van der Waals surface area contributed by atoms with Crippen molar-refractivity contribution in [2.24, 2.45) is 7.05 Å². The number of aromatic amines is 1. The lowest BCUT2D eigenvalue weighted by molar-refractivity contribution is 0.223. The Morgan fingerprint density at radius 1 is 1.52 bits per heavy atom. The van der Waals surface area contributed by atoms with E-state index >= 15 is 0 Å². The number of nitrogens with one attached hydrogen (secondary N) is 1. The normalized spacial score (nSPS) is 13.7. The van der Waals surface area contributed by atoms with E-state index in [0.717, 1.165) is 0 Å². The lowest BCUT2D eigenvalue weighted by atomic mass is 10.4. The second kappa shape index (κ2) is 7.57. The van der Waals surface area contributed by atoms with Gasteiger partial charge in [0.15, 0.2) is 16.3 Å². The Labute approximate surface area is 145 Å². The van der Waals surface area contributed by atoms with Crippen molar-refractivity contribution in [3.05, 3.63) is 31.9 Å². The van der Waals surface area contributed by atoms with Gasteiger partial charge in [0, 0.05) is 30.3 Å². The van der Waals surface area contributed by atoms with E-state index in [2.05, 4.69) is 9.97 Å². The Morgan fingerprint density at radius 3 is 2.83 bits per heavy atom. The summed E-state index contributed by atoms with van der Waals surface area (Å²) >= 11 is 12.7. The van der Waals surface area contributed by atoms with Crippen molar-refractivity contribution in [2.75, 3.05) is 11.6 Å². The monoisotopic (exact) mass is 378 g/mol. The molecule has 0 aliphatic heterocycles. The van der Waals surface area contributed by atoms with E-state index in [0.29, 0.717) is 22.5 Å². The highest BCUT2D eigenvalue weighted by Gasteiger charge is 2.18. The minimum atomic E-state index is -0.692. The van der Waals surface area contributed by atoms with Gasteiger partial charge in [0.1, 0.15) is 0 Å². The minimum Gasteiger partial charge on any atom is -0.391 e. The predicted octanol–water partition coefficient (Wildman–Crippen LogP) is 1.26. The third kappa shape index (κ3) is 4.00. The molecule has 0 unspecified atom stereocenters. The molecule has 2 heterocycles. The number of alkyl halides is 1. The van der Waals surface area contributed by atoms with Crippen LogP contribution in [0.3, 0.4) is 0 Å². The fraction of sp³-hybridized carbons (Fsp3) is 0.462. The summed E-state index contributed by atoms with van der Waals surface area (Å²) in [6.07, 6.45) is 1.04.